The summed E-state index contributed by atoms with van der Waals surface area (Å²) >= 11 is 2.74. The Morgan fingerprint density at radius 3 is 2.57 bits per heavy atom. The molecule has 0 atom stereocenters. The molecule has 122 valence electrons. The number of amides is 2. The molecule has 4 N–H and O–H groups in total. The van der Waals surface area contributed by atoms with Crippen LogP contribution in [0.4, 0.5) is 10.8 Å². The first-order chi connectivity index (χ1) is 10.9. The number of nitrogens with one attached hydrogen (secondary N) is 2. The lowest BCUT2D eigenvalue weighted by molar-refractivity contribution is -0.113. The molecule has 0 saturated heterocycles. The Hall–Kier alpha value is -2.13. The highest BCUT2D eigenvalue weighted by Gasteiger charge is 2.09. The van der Waals surface area contributed by atoms with Gasteiger partial charge in [0, 0.05) is 17.3 Å². The molecule has 2 rings (SSSR count). The standard InChI is InChI=1S/C14H17N5O2S2/c1-8(2)16-13-18-19-14(23-13)22-7-11(20)17-10-5-3-9(4-6-10)12(15)21/h3-6,8H,7H2,1-2H3,(H2,15,21)(H,16,18)(H,17,20). The van der Waals surface area contributed by atoms with Gasteiger partial charge in [0.15, 0.2) is 4.34 Å². The number of nitrogens with two attached hydrogens (primary N) is 1. The zero-order valence-electron chi connectivity index (χ0n) is 12.7. The van der Waals surface area contributed by atoms with E-state index in [0.29, 0.717) is 11.3 Å². The van der Waals surface area contributed by atoms with Crippen molar-refractivity contribution in [1.29, 1.82) is 0 Å². The zero-order chi connectivity index (χ0) is 16.8. The quantitative estimate of drug-likeness (QED) is 0.660. The molecule has 0 aliphatic heterocycles. The van der Waals surface area contributed by atoms with E-state index in [9.17, 15) is 9.59 Å². The number of carbonyl (C=O) groups excluding carboxylic acids is 2. The topological polar surface area (TPSA) is 110 Å². The van der Waals surface area contributed by atoms with Gasteiger partial charge < -0.3 is 16.4 Å². The lowest BCUT2D eigenvalue weighted by Gasteiger charge is -2.04. The van der Waals surface area contributed by atoms with Crippen LogP contribution in [0.3, 0.4) is 0 Å². The molecule has 0 aliphatic carbocycles. The van der Waals surface area contributed by atoms with E-state index in [1.54, 1.807) is 24.3 Å². The Kier molecular flexibility index (Phi) is 5.94. The van der Waals surface area contributed by atoms with Gasteiger partial charge in [0.05, 0.1) is 5.75 Å². The smallest absolute Gasteiger partial charge is 0.248 e. The zero-order valence-corrected chi connectivity index (χ0v) is 14.3. The first kappa shape index (κ1) is 17.2. The van der Waals surface area contributed by atoms with Crippen molar-refractivity contribution >= 4 is 45.7 Å². The lowest BCUT2D eigenvalue weighted by atomic mass is 10.2. The minimum Gasteiger partial charge on any atom is -0.366 e. The molecule has 0 spiro atoms. The van der Waals surface area contributed by atoms with E-state index >= 15 is 0 Å². The molecule has 0 bridgehead atoms. The van der Waals surface area contributed by atoms with Crippen LogP contribution in [0, 0.1) is 0 Å². The minimum atomic E-state index is -0.500. The van der Waals surface area contributed by atoms with E-state index in [4.69, 9.17) is 5.73 Å². The molecule has 23 heavy (non-hydrogen) atoms. The van der Waals surface area contributed by atoms with Crippen LogP contribution < -0.4 is 16.4 Å². The van der Waals surface area contributed by atoms with E-state index in [1.807, 2.05) is 13.8 Å². The van der Waals surface area contributed by atoms with Crippen molar-refractivity contribution in [3.63, 3.8) is 0 Å². The second-order valence-electron chi connectivity index (χ2n) is 4.95. The SMILES string of the molecule is CC(C)Nc1nnc(SCC(=O)Nc2ccc(C(N)=O)cc2)s1. The number of carbonyl (C=O) groups is 2. The minimum absolute atomic E-state index is 0.157. The summed E-state index contributed by atoms with van der Waals surface area (Å²) in [7, 11) is 0. The van der Waals surface area contributed by atoms with Gasteiger partial charge in [-0.05, 0) is 38.1 Å². The first-order valence-electron chi connectivity index (χ1n) is 6.86. The van der Waals surface area contributed by atoms with Gasteiger partial charge in [-0.2, -0.15) is 0 Å². The molecular weight excluding hydrogens is 334 g/mol. The lowest BCUT2D eigenvalue weighted by Crippen LogP contribution is -2.14. The third-order valence-electron chi connectivity index (χ3n) is 2.60. The Morgan fingerprint density at radius 2 is 1.96 bits per heavy atom. The molecule has 9 heteroatoms. The summed E-state index contributed by atoms with van der Waals surface area (Å²) in [6, 6.07) is 6.70. The van der Waals surface area contributed by atoms with Crippen LogP contribution in [0.25, 0.3) is 0 Å². The maximum Gasteiger partial charge on any atom is 0.248 e. The fourth-order valence-electron chi connectivity index (χ4n) is 1.62. The number of hydrogen-bond donors (Lipinski definition) is 3. The fraction of sp³-hybridized carbons (Fsp3) is 0.286. The Bertz CT molecular complexity index is 685. The van der Waals surface area contributed by atoms with E-state index in [2.05, 4.69) is 20.8 Å². The molecular formula is C14H17N5O2S2. The summed E-state index contributed by atoms with van der Waals surface area (Å²) in [4.78, 5) is 22.9. The second kappa shape index (κ2) is 7.93. The fourth-order valence-corrected chi connectivity index (χ4v) is 3.31. The van der Waals surface area contributed by atoms with Crippen molar-refractivity contribution in [2.45, 2.75) is 24.2 Å². The van der Waals surface area contributed by atoms with Gasteiger partial charge in [0.1, 0.15) is 0 Å². The van der Waals surface area contributed by atoms with Crippen LogP contribution in [0.5, 0.6) is 0 Å². The first-order valence-corrected chi connectivity index (χ1v) is 8.67. The summed E-state index contributed by atoms with van der Waals surface area (Å²) in [5.74, 6) is -0.427. The van der Waals surface area contributed by atoms with Crippen LogP contribution in [0.1, 0.15) is 24.2 Å². The molecule has 1 aromatic heterocycles. The van der Waals surface area contributed by atoms with Crippen molar-refractivity contribution < 1.29 is 9.59 Å². The molecule has 2 aromatic rings. The molecule has 1 aromatic carbocycles. The average molecular weight is 351 g/mol. The van der Waals surface area contributed by atoms with Gasteiger partial charge in [-0.25, -0.2) is 0 Å². The van der Waals surface area contributed by atoms with Gasteiger partial charge in [-0.3, -0.25) is 9.59 Å². The van der Waals surface area contributed by atoms with Gasteiger partial charge in [-0.1, -0.05) is 23.1 Å². The molecule has 1 heterocycles. The second-order valence-corrected chi connectivity index (χ2v) is 7.15. The number of anilines is 2. The number of hydrogen-bond acceptors (Lipinski definition) is 7. The molecule has 0 unspecified atom stereocenters. The van der Waals surface area contributed by atoms with Crippen LogP contribution in [-0.4, -0.2) is 33.8 Å². The number of nitrogens with zero attached hydrogens (tertiary/aromatic N) is 2. The Labute approximate surface area is 142 Å². The largest absolute Gasteiger partial charge is 0.366 e. The van der Waals surface area contributed by atoms with Gasteiger partial charge in [0.25, 0.3) is 0 Å². The number of benzene rings is 1. The van der Waals surface area contributed by atoms with Crippen molar-refractivity contribution in [2.24, 2.45) is 5.73 Å². The van der Waals surface area contributed by atoms with Crippen LogP contribution in [-0.2, 0) is 4.79 Å². The predicted octanol–water partition coefficient (Wildman–Crippen LogP) is 2.19. The monoisotopic (exact) mass is 351 g/mol. The Morgan fingerprint density at radius 1 is 1.26 bits per heavy atom. The van der Waals surface area contributed by atoms with Gasteiger partial charge in [0.2, 0.25) is 16.9 Å². The van der Waals surface area contributed by atoms with Crippen LogP contribution >= 0.6 is 23.1 Å². The highest BCUT2D eigenvalue weighted by atomic mass is 32.2. The average Bonchev–Trinajstić information content (AvgIpc) is 2.92. The van der Waals surface area contributed by atoms with Crippen LogP contribution in [0.2, 0.25) is 0 Å². The number of thioether (sulfide) groups is 1. The van der Waals surface area contributed by atoms with Crippen molar-refractivity contribution in [1.82, 2.24) is 10.2 Å². The Balaban J connectivity index is 1.82. The van der Waals surface area contributed by atoms with Crippen LogP contribution in [0.15, 0.2) is 28.6 Å². The van der Waals surface area contributed by atoms with E-state index in [1.165, 1.54) is 23.1 Å². The highest BCUT2D eigenvalue weighted by Crippen LogP contribution is 2.25. The molecule has 0 fully saturated rings. The van der Waals surface area contributed by atoms with Crippen molar-refractivity contribution in [2.75, 3.05) is 16.4 Å². The third kappa shape index (κ3) is 5.53. The maximum absolute atomic E-state index is 11.9. The number of primary amides is 1. The summed E-state index contributed by atoms with van der Waals surface area (Å²) in [5, 5.41) is 14.7. The van der Waals surface area contributed by atoms with E-state index in [0.717, 1.165) is 9.47 Å². The molecule has 7 nitrogen and oxygen atoms in total. The van der Waals surface area contributed by atoms with Crippen molar-refractivity contribution in [3.8, 4) is 0 Å². The van der Waals surface area contributed by atoms with E-state index < -0.39 is 5.91 Å². The maximum atomic E-state index is 11.9. The number of aromatic nitrogens is 2. The third-order valence-corrected chi connectivity index (χ3v) is 4.59. The normalized spacial score (nSPS) is 10.6. The molecule has 2 amide bonds. The number of rotatable bonds is 7. The summed E-state index contributed by atoms with van der Waals surface area (Å²) in [6.45, 7) is 4.04. The van der Waals surface area contributed by atoms with Crippen molar-refractivity contribution in [3.05, 3.63) is 29.8 Å². The summed E-state index contributed by atoms with van der Waals surface area (Å²) < 4.78 is 0.729. The highest BCUT2D eigenvalue weighted by molar-refractivity contribution is 8.01. The van der Waals surface area contributed by atoms with Gasteiger partial charge in [-0.15, -0.1) is 10.2 Å². The molecule has 0 saturated carbocycles. The molecule has 0 radical (unpaired) electrons. The predicted molar refractivity (Wildman–Crippen MR) is 93.0 cm³/mol. The van der Waals surface area contributed by atoms with E-state index in [-0.39, 0.29) is 17.7 Å². The summed E-state index contributed by atoms with van der Waals surface area (Å²) in [6.07, 6.45) is 0. The molecule has 0 aliphatic rings. The van der Waals surface area contributed by atoms with Gasteiger partial charge >= 0.3 is 0 Å². The summed E-state index contributed by atoms with van der Waals surface area (Å²) in [5.41, 5.74) is 6.17.